The lowest BCUT2D eigenvalue weighted by Gasteiger charge is -2.50. The van der Waals surface area contributed by atoms with Crippen molar-refractivity contribution in [2.45, 2.75) is 35.4 Å². The number of phenols is 1. The molecule has 3 aromatic carbocycles. The van der Waals surface area contributed by atoms with Gasteiger partial charge in [0.05, 0.1) is 17.5 Å². The fraction of sp³-hybridized carbons (Fsp3) is 0.273. The Morgan fingerprint density at radius 2 is 1.44 bits per heavy atom. The molecule has 2 heterocycles. The maximum absolute atomic E-state index is 15.1. The van der Waals surface area contributed by atoms with Gasteiger partial charge < -0.3 is 5.11 Å². The first kappa shape index (κ1) is 32.5. The Balaban J connectivity index is 1.43. The van der Waals surface area contributed by atoms with Crippen molar-refractivity contribution in [1.29, 1.82) is 0 Å². The number of rotatable bonds is 3. The molecule has 3 aromatic rings. The predicted molar refractivity (Wildman–Crippen MR) is 163 cm³/mol. The number of allylic oxidation sites excluding steroid dienone is 2. The van der Waals surface area contributed by atoms with Gasteiger partial charge in [0, 0.05) is 16.5 Å². The van der Waals surface area contributed by atoms with Crippen molar-refractivity contribution in [1.82, 2.24) is 0 Å². The third-order valence-electron chi connectivity index (χ3n) is 9.88. The number of carbonyl (C=O) groups is 4. The number of hydrogen-bond acceptors (Lipinski definition) is 5. The van der Waals surface area contributed by atoms with Crippen LogP contribution in [-0.4, -0.2) is 38.5 Å². The number of alkyl halides is 2. The molecule has 2 aliphatic heterocycles. The molecule has 4 amide bonds. The number of halogens is 8. The maximum Gasteiger partial charge on any atom is 0.258 e. The number of aryl methyl sites for hydroxylation is 1. The van der Waals surface area contributed by atoms with E-state index >= 15 is 8.78 Å². The zero-order valence-electron chi connectivity index (χ0n) is 24.3. The highest BCUT2D eigenvalue weighted by atomic mass is 35.5. The Kier molecular flexibility index (Phi) is 7.29. The summed E-state index contributed by atoms with van der Waals surface area (Å²) in [5.74, 6) is -22.1. The molecule has 0 bridgehead atoms. The summed E-state index contributed by atoms with van der Waals surface area (Å²) in [6.45, 7) is 1.73. The molecule has 0 radical (unpaired) electrons. The van der Waals surface area contributed by atoms with E-state index in [9.17, 15) is 37.5 Å². The van der Waals surface area contributed by atoms with Crippen LogP contribution in [0.1, 0.15) is 29.9 Å². The Bertz CT molecular complexity index is 2030. The van der Waals surface area contributed by atoms with Crippen molar-refractivity contribution < 1.29 is 46.2 Å². The number of nitrogens with zero attached hydrogens (tertiary/aromatic N) is 2. The van der Waals surface area contributed by atoms with Crippen molar-refractivity contribution in [3.05, 3.63) is 99.3 Å². The summed E-state index contributed by atoms with van der Waals surface area (Å²) in [5, 5.41) is 11.3. The van der Waals surface area contributed by atoms with Crippen LogP contribution in [0.4, 0.5) is 33.3 Å². The second-order valence-electron chi connectivity index (χ2n) is 12.2. The third-order valence-corrected chi connectivity index (χ3v) is 11.7. The highest BCUT2D eigenvalue weighted by Crippen LogP contribution is 2.66. The van der Waals surface area contributed by atoms with Gasteiger partial charge in [-0.25, -0.2) is 31.8 Å². The van der Waals surface area contributed by atoms with Crippen LogP contribution in [0.15, 0.2) is 54.1 Å². The van der Waals surface area contributed by atoms with Crippen LogP contribution in [0.2, 0.25) is 5.02 Å². The van der Waals surface area contributed by atoms with Gasteiger partial charge in [-0.15, -0.1) is 23.2 Å². The predicted octanol–water partition coefficient (Wildman–Crippen LogP) is 6.82. The second-order valence-corrected chi connectivity index (χ2v) is 13.8. The number of para-hydroxylation sites is 1. The maximum atomic E-state index is 15.1. The van der Waals surface area contributed by atoms with E-state index in [1.165, 1.54) is 36.4 Å². The molecule has 0 aromatic heterocycles. The molecule has 7 rings (SSSR count). The number of benzene rings is 3. The molecule has 1 saturated carbocycles. The molecular formula is C33H20Cl3F5N2O5. The molecule has 6 atom stereocenters. The molecule has 48 heavy (non-hydrogen) atoms. The Morgan fingerprint density at radius 3 is 2.06 bits per heavy atom. The Hall–Kier alpha value is -4.00. The number of phenolic OH excluding ortho intramolecular Hbond substituents is 1. The van der Waals surface area contributed by atoms with Gasteiger partial charge in [0.15, 0.2) is 33.0 Å². The number of imide groups is 2. The normalized spacial score (nSPS) is 29.6. The first-order valence-corrected chi connectivity index (χ1v) is 15.6. The van der Waals surface area contributed by atoms with Crippen LogP contribution < -0.4 is 9.80 Å². The van der Waals surface area contributed by atoms with Gasteiger partial charge in [-0.2, -0.15) is 0 Å². The van der Waals surface area contributed by atoms with Crippen LogP contribution in [0, 0.1) is 53.8 Å². The molecule has 2 aliphatic carbocycles. The Labute approximate surface area is 283 Å². The summed E-state index contributed by atoms with van der Waals surface area (Å²) in [6, 6.07) is 10.1. The van der Waals surface area contributed by atoms with Gasteiger partial charge in [-0.05, 0) is 49.4 Å². The molecule has 2 saturated heterocycles. The lowest BCUT2D eigenvalue weighted by atomic mass is 9.56. The average Bonchev–Trinajstić information content (AvgIpc) is 3.39. The molecule has 15 heteroatoms. The highest BCUT2D eigenvalue weighted by molar-refractivity contribution is 6.58. The monoisotopic (exact) mass is 724 g/mol. The zero-order valence-corrected chi connectivity index (χ0v) is 26.6. The van der Waals surface area contributed by atoms with Gasteiger partial charge in [0.25, 0.3) is 11.8 Å². The first-order valence-electron chi connectivity index (χ1n) is 14.5. The smallest absolute Gasteiger partial charge is 0.258 e. The molecule has 7 nitrogen and oxygen atoms in total. The highest BCUT2D eigenvalue weighted by Gasteiger charge is 2.77. The topological polar surface area (TPSA) is 95.0 Å². The summed E-state index contributed by atoms with van der Waals surface area (Å²) in [4.78, 5) is 51.6. The van der Waals surface area contributed by atoms with E-state index in [1.54, 1.807) is 19.1 Å². The largest absolute Gasteiger partial charge is 0.508 e. The summed E-state index contributed by atoms with van der Waals surface area (Å²) in [6.07, 6.45) is 0.833. The fourth-order valence-electron chi connectivity index (χ4n) is 7.62. The van der Waals surface area contributed by atoms with E-state index < -0.39 is 104 Å². The number of hydrogen-bond donors (Lipinski definition) is 1. The quantitative estimate of drug-likeness (QED) is 0.0800. The summed E-state index contributed by atoms with van der Waals surface area (Å²) in [7, 11) is 0. The van der Waals surface area contributed by atoms with Gasteiger partial charge >= 0.3 is 0 Å². The van der Waals surface area contributed by atoms with Gasteiger partial charge in [0.2, 0.25) is 17.6 Å². The molecule has 248 valence electrons. The lowest BCUT2D eigenvalue weighted by molar-refractivity contribution is -0.125. The molecule has 0 unspecified atom stereocenters. The van der Waals surface area contributed by atoms with E-state index in [4.69, 9.17) is 34.8 Å². The third kappa shape index (κ3) is 3.99. The van der Waals surface area contributed by atoms with Gasteiger partial charge in [-0.1, -0.05) is 47.5 Å². The van der Waals surface area contributed by atoms with Crippen LogP contribution in [0.5, 0.6) is 5.75 Å². The average molecular weight is 726 g/mol. The van der Waals surface area contributed by atoms with Crippen molar-refractivity contribution in [3.8, 4) is 5.75 Å². The van der Waals surface area contributed by atoms with Crippen molar-refractivity contribution >= 4 is 69.8 Å². The van der Waals surface area contributed by atoms with Gasteiger partial charge in [0.1, 0.15) is 11.4 Å². The number of fused-ring (bicyclic) bond motifs is 4. The zero-order chi connectivity index (χ0) is 34.8. The number of carbonyl (C=O) groups excluding carboxylic acids is 4. The minimum atomic E-state index is -2.73. The molecule has 3 fully saturated rings. The number of anilines is 2. The second kappa shape index (κ2) is 10.8. The molecule has 4 aliphatic rings. The van der Waals surface area contributed by atoms with E-state index in [1.807, 2.05) is 0 Å². The van der Waals surface area contributed by atoms with Crippen LogP contribution >= 0.6 is 34.8 Å². The van der Waals surface area contributed by atoms with Gasteiger partial charge in [-0.3, -0.25) is 19.2 Å². The standard InChI is InChI=1S/C33H20Cl3F5N2O5/c1-12-6-7-13(10-18(12)34)42-28(45)16-9-8-14-17(20(16)29(42)46)11-32(35)30(47)43(27-25(40)23(38)22(37)24(39)26(27)41)31(48)33(32,36)21(14)15-4-2-3-5-19(15)44/h2-8,10,16-17,20-21,44H,9,11H2,1H3/t16-,17+,20-,21+,32+,33-/m0/s1. The lowest BCUT2D eigenvalue weighted by Crippen LogP contribution is -2.60. The minimum Gasteiger partial charge on any atom is -0.508 e. The van der Waals surface area contributed by atoms with Crippen LogP contribution in [-0.2, 0) is 19.2 Å². The Morgan fingerprint density at radius 1 is 0.812 bits per heavy atom. The number of amides is 4. The van der Waals surface area contributed by atoms with E-state index in [0.717, 1.165) is 4.90 Å². The summed E-state index contributed by atoms with van der Waals surface area (Å²) < 4.78 is 73.0. The van der Waals surface area contributed by atoms with Crippen molar-refractivity contribution in [2.24, 2.45) is 17.8 Å². The molecule has 1 N–H and O–H groups in total. The summed E-state index contributed by atoms with van der Waals surface area (Å²) >= 11 is 20.4. The fourth-order valence-corrected chi connectivity index (χ4v) is 8.72. The minimum absolute atomic E-state index is 0.0486. The van der Waals surface area contributed by atoms with Crippen molar-refractivity contribution in [2.75, 3.05) is 9.80 Å². The SMILES string of the molecule is Cc1ccc(N2C(=O)[C@H]3[C@H](CC=C4[C@H]3C[C@@]3(Cl)C(=O)N(c5c(F)c(F)c(F)c(F)c5F)C(=O)[C@@]3(Cl)[C@H]4c3ccccc3O)C2=O)cc1Cl. The first-order chi connectivity index (χ1) is 22.6. The van der Waals surface area contributed by atoms with E-state index in [0.29, 0.717) is 5.56 Å². The van der Waals surface area contributed by atoms with E-state index in [-0.39, 0.29) is 33.2 Å². The van der Waals surface area contributed by atoms with Crippen LogP contribution in [0.3, 0.4) is 0 Å². The van der Waals surface area contributed by atoms with Crippen molar-refractivity contribution in [3.63, 3.8) is 0 Å². The van der Waals surface area contributed by atoms with Crippen LogP contribution in [0.25, 0.3) is 0 Å². The molecular weight excluding hydrogens is 706 g/mol. The number of aromatic hydroxyl groups is 1. The molecule has 0 spiro atoms. The summed E-state index contributed by atoms with van der Waals surface area (Å²) in [5.41, 5.74) is -0.873. The van der Waals surface area contributed by atoms with E-state index in [2.05, 4.69) is 0 Å².